The van der Waals surface area contributed by atoms with Crippen molar-refractivity contribution in [1.29, 1.82) is 0 Å². The lowest BCUT2D eigenvalue weighted by Crippen LogP contribution is -2.49. The van der Waals surface area contributed by atoms with Crippen LogP contribution in [0.1, 0.15) is 6.42 Å². The Bertz CT molecular complexity index is 448. The van der Waals surface area contributed by atoms with Crippen LogP contribution in [0.15, 0.2) is 20.0 Å². The summed E-state index contributed by atoms with van der Waals surface area (Å²) in [6, 6.07) is 0. The molecular formula is C7H7N6O2-. The summed E-state index contributed by atoms with van der Waals surface area (Å²) in [5, 5.41) is 10.4. The van der Waals surface area contributed by atoms with E-state index < -0.39 is 18.2 Å². The van der Waals surface area contributed by atoms with Gasteiger partial charge in [-0.15, -0.1) is 0 Å². The lowest BCUT2D eigenvalue weighted by Gasteiger charge is -2.25. The van der Waals surface area contributed by atoms with E-state index in [4.69, 9.17) is 11.5 Å². The number of nitrogens with zero attached hydrogens (tertiary/aromatic N) is 4. The van der Waals surface area contributed by atoms with E-state index in [-0.39, 0.29) is 11.7 Å². The Morgan fingerprint density at radius 1 is 1.53 bits per heavy atom. The number of carboxylic acids is 1. The van der Waals surface area contributed by atoms with Gasteiger partial charge in [0.2, 0.25) is 5.79 Å². The summed E-state index contributed by atoms with van der Waals surface area (Å²) in [4.78, 5) is 25.6. The van der Waals surface area contributed by atoms with Crippen LogP contribution >= 0.6 is 0 Å². The zero-order valence-corrected chi connectivity index (χ0v) is 7.54. The maximum Gasteiger partial charge on any atom is 0.211 e. The van der Waals surface area contributed by atoms with Gasteiger partial charge >= 0.3 is 0 Å². The predicted octanol–water partition coefficient (Wildman–Crippen LogP) is -3.01. The van der Waals surface area contributed by atoms with E-state index in [2.05, 4.69) is 20.0 Å². The number of amidine groups is 2. The van der Waals surface area contributed by atoms with E-state index in [0.717, 1.165) is 0 Å². The average Bonchev–Trinajstić information content (AvgIpc) is 2.48. The van der Waals surface area contributed by atoms with Crippen molar-refractivity contribution >= 4 is 29.7 Å². The van der Waals surface area contributed by atoms with Crippen molar-refractivity contribution in [1.82, 2.24) is 0 Å². The van der Waals surface area contributed by atoms with Crippen LogP contribution in [0.25, 0.3) is 0 Å². The second kappa shape index (κ2) is 2.95. The fraction of sp³-hybridized carbons (Fsp3) is 0.286. The molecule has 8 nitrogen and oxygen atoms in total. The summed E-state index contributed by atoms with van der Waals surface area (Å²) >= 11 is 0. The van der Waals surface area contributed by atoms with Crippen LogP contribution in [-0.4, -0.2) is 35.5 Å². The smallest absolute Gasteiger partial charge is 0.211 e. The minimum Gasteiger partial charge on any atom is -0.550 e. The highest BCUT2D eigenvalue weighted by atomic mass is 16.4. The molecule has 0 saturated heterocycles. The van der Waals surface area contributed by atoms with Crippen LogP contribution in [0.4, 0.5) is 0 Å². The van der Waals surface area contributed by atoms with Crippen LogP contribution in [0, 0.1) is 0 Å². The first-order valence-electron chi connectivity index (χ1n) is 4.05. The Labute approximate surface area is 84.1 Å². The molecule has 0 aromatic rings. The van der Waals surface area contributed by atoms with Gasteiger partial charge in [0.1, 0.15) is 6.34 Å². The van der Waals surface area contributed by atoms with Crippen LogP contribution in [0.3, 0.4) is 0 Å². The second-order valence-corrected chi connectivity index (χ2v) is 3.08. The molecule has 0 aromatic heterocycles. The zero-order valence-electron chi connectivity index (χ0n) is 7.54. The number of nitrogens with two attached hydrogens (primary N) is 2. The van der Waals surface area contributed by atoms with Gasteiger partial charge in [-0.2, -0.15) is 0 Å². The minimum absolute atomic E-state index is 0.0289. The number of carbonyl (C=O) groups excluding carboxylic acids is 1. The number of hydrogen-bond donors (Lipinski definition) is 2. The van der Waals surface area contributed by atoms with E-state index in [1.165, 1.54) is 6.34 Å². The minimum atomic E-state index is -1.64. The molecule has 0 aliphatic carbocycles. The second-order valence-electron chi connectivity index (χ2n) is 3.08. The van der Waals surface area contributed by atoms with Crippen LogP contribution < -0.4 is 16.6 Å². The third-order valence-corrected chi connectivity index (χ3v) is 1.84. The Hall–Kier alpha value is -2.09. The van der Waals surface area contributed by atoms with E-state index in [1.807, 2.05) is 0 Å². The first-order valence-corrected chi connectivity index (χ1v) is 4.05. The highest BCUT2D eigenvalue weighted by Gasteiger charge is 2.33. The van der Waals surface area contributed by atoms with Gasteiger partial charge in [0.15, 0.2) is 17.4 Å². The van der Waals surface area contributed by atoms with Gasteiger partial charge < -0.3 is 15.6 Å². The lowest BCUT2D eigenvalue weighted by atomic mass is 10.2. The van der Waals surface area contributed by atoms with Crippen molar-refractivity contribution in [3.8, 4) is 0 Å². The topological polar surface area (TPSA) is 142 Å². The van der Waals surface area contributed by atoms with Gasteiger partial charge in [-0.05, 0) is 0 Å². The predicted molar refractivity (Wildman–Crippen MR) is 51.5 cm³/mol. The number of hydrogen-bond acceptors (Lipinski definition) is 8. The van der Waals surface area contributed by atoms with Crippen LogP contribution in [0.5, 0.6) is 0 Å². The molecule has 0 fully saturated rings. The molecule has 0 spiro atoms. The SMILES string of the molecule is NC1=NC(N)(CC(=O)[O-])N=C2N=CN=C12. The molecule has 1 atom stereocenters. The molecule has 2 aliphatic rings. The number of fused-ring (bicyclic) bond motifs is 1. The van der Waals surface area contributed by atoms with Gasteiger partial charge in [0.05, 0.1) is 0 Å². The number of carbonyl (C=O) groups is 1. The Balaban J connectivity index is 2.38. The van der Waals surface area contributed by atoms with Crippen molar-refractivity contribution in [2.75, 3.05) is 0 Å². The fourth-order valence-corrected chi connectivity index (χ4v) is 1.28. The number of carboxylic acid groups (broad SMARTS) is 1. The molecule has 0 radical (unpaired) electrons. The monoisotopic (exact) mass is 207 g/mol. The molecule has 2 heterocycles. The molecular weight excluding hydrogens is 200 g/mol. The van der Waals surface area contributed by atoms with Crippen LogP contribution in [-0.2, 0) is 4.79 Å². The molecule has 0 aromatic carbocycles. The van der Waals surface area contributed by atoms with E-state index in [9.17, 15) is 9.90 Å². The van der Waals surface area contributed by atoms with Crippen molar-refractivity contribution in [2.24, 2.45) is 31.4 Å². The summed E-state index contributed by atoms with van der Waals surface area (Å²) in [5.74, 6) is -2.77. The van der Waals surface area contributed by atoms with E-state index in [1.54, 1.807) is 0 Å². The summed E-state index contributed by atoms with van der Waals surface area (Å²) < 4.78 is 0. The number of rotatable bonds is 2. The molecule has 1 unspecified atom stereocenters. The highest BCUT2D eigenvalue weighted by molar-refractivity contribution is 6.70. The molecule has 15 heavy (non-hydrogen) atoms. The molecule has 0 amide bonds. The molecule has 8 heteroatoms. The van der Waals surface area contributed by atoms with E-state index in [0.29, 0.717) is 5.71 Å². The normalized spacial score (nSPS) is 27.9. The summed E-state index contributed by atoms with van der Waals surface area (Å²) in [7, 11) is 0. The van der Waals surface area contributed by atoms with Gasteiger partial charge in [-0.25, -0.2) is 20.0 Å². The largest absolute Gasteiger partial charge is 0.550 e. The highest BCUT2D eigenvalue weighted by Crippen LogP contribution is 2.17. The van der Waals surface area contributed by atoms with Crippen molar-refractivity contribution in [2.45, 2.75) is 12.2 Å². The molecule has 2 rings (SSSR count). The summed E-state index contributed by atoms with van der Waals surface area (Å²) in [5.41, 5.74) is 11.5. The van der Waals surface area contributed by atoms with Crippen LogP contribution in [0.2, 0.25) is 0 Å². The van der Waals surface area contributed by atoms with Gasteiger partial charge in [0.25, 0.3) is 0 Å². The maximum absolute atomic E-state index is 10.4. The standard InChI is InChI=1S/C7H8N6O2/c8-5-4-6(11-2-10-4)13-7(9,12-5)1-3(14)15/h2H,1,9H2,(H2,8,12)(H,14,15)/p-1. The lowest BCUT2D eigenvalue weighted by molar-refractivity contribution is -0.306. The Kier molecular flexibility index (Phi) is 1.86. The van der Waals surface area contributed by atoms with Gasteiger partial charge in [-0.1, -0.05) is 0 Å². The first kappa shape index (κ1) is 9.46. The molecule has 0 bridgehead atoms. The van der Waals surface area contributed by atoms with Gasteiger partial charge in [0, 0.05) is 12.4 Å². The van der Waals surface area contributed by atoms with E-state index >= 15 is 0 Å². The molecule has 4 N–H and O–H groups in total. The third kappa shape index (κ3) is 1.62. The summed E-state index contributed by atoms with van der Waals surface area (Å²) in [6.45, 7) is 0. The quantitative estimate of drug-likeness (QED) is 0.497. The number of aliphatic carboxylic acids is 1. The third-order valence-electron chi connectivity index (χ3n) is 1.84. The molecule has 78 valence electrons. The maximum atomic E-state index is 10.4. The summed E-state index contributed by atoms with van der Waals surface area (Å²) in [6.07, 6.45) is 0.696. The van der Waals surface area contributed by atoms with Crippen molar-refractivity contribution in [3.63, 3.8) is 0 Å². The number of aliphatic imine (C=N–C) groups is 4. The Morgan fingerprint density at radius 3 is 2.93 bits per heavy atom. The van der Waals surface area contributed by atoms with Crippen molar-refractivity contribution < 1.29 is 9.90 Å². The average molecular weight is 207 g/mol. The fourth-order valence-electron chi connectivity index (χ4n) is 1.28. The molecule has 2 aliphatic heterocycles. The van der Waals surface area contributed by atoms with Crippen molar-refractivity contribution in [3.05, 3.63) is 0 Å². The zero-order chi connectivity index (χ0) is 11.1. The van der Waals surface area contributed by atoms with Gasteiger partial charge in [-0.3, -0.25) is 5.73 Å². The molecule has 0 saturated carbocycles. The Morgan fingerprint density at radius 2 is 2.27 bits per heavy atom. The first-order chi connectivity index (χ1) is 7.00.